The first-order valence-corrected chi connectivity index (χ1v) is 25.5. The molecule has 0 fully saturated rings. The maximum atomic E-state index is 13.3. The van der Waals surface area contributed by atoms with Crippen molar-refractivity contribution >= 4 is 68.5 Å². The number of nitrogens with one attached hydrogen (secondary N) is 1. The number of nitrogens with zero attached hydrogens (tertiary/aromatic N) is 1. The molecule has 6 rings (SSSR count). The second kappa shape index (κ2) is 16.9. The highest BCUT2D eigenvalue weighted by Gasteiger charge is 2.29. The van der Waals surface area contributed by atoms with Crippen molar-refractivity contribution in [3.05, 3.63) is 106 Å². The summed E-state index contributed by atoms with van der Waals surface area (Å²) < 4.78 is 149. The number of rotatable bonds is 12. The molecule has 0 aromatic heterocycles. The number of hydrogen-bond acceptors (Lipinski definition) is 11. The van der Waals surface area contributed by atoms with Crippen molar-refractivity contribution in [2.24, 2.45) is 4.99 Å². The molecule has 4 aromatic rings. The Hall–Kier alpha value is -4.99. The molecular weight excluding hydrogens is 893 g/mol. The molecule has 1 aliphatic heterocycles. The Bertz CT molecular complexity index is 3280. The van der Waals surface area contributed by atoms with Gasteiger partial charge in [0.05, 0.1) is 20.8 Å². The number of benzene rings is 5. The summed E-state index contributed by atoms with van der Waals surface area (Å²) in [6.45, 7) is 16.1. The lowest BCUT2D eigenvalue weighted by molar-refractivity contribution is 0.480. The van der Waals surface area contributed by atoms with E-state index in [0.29, 0.717) is 39.2 Å². The van der Waals surface area contributed by atoms with Gasteiger partial charge in [-0.3, -0.25) is 18.2 Å². The van der Waals surface area contributed by atoms with Crippen LogP contribution in [-0.4, -0.2) is 51.9 Å². The third-order valence-corrected chi connectivity index (χ3v) is 14.1. The average molecular weight is 941 g/mol. The molecular formula is C44H48N2O13S4. The quantitative estimate of drug-likeness (QED) is 0.0565. The molecule has 5 N–H and O–H groups in total. The summed E-state index contributed by atoms with van der Waals surface area (Å²) in [4.78, 5) is 2.89. The van der Waals surface area contributed by atoms with E-state index in [9.17, 15) is 51.9 Å². The zero-order chi connectivity index (χ0) is 46.9. The van der Waals surface area contributed by atoms with E-state index in [1.54, 1.807) is 58.9 Å². The van der Waals surface area contributed by atoms with E-state index in [4.69, 9.17) is 9.41 Å². The second-order valence-corrected chi connectivity index (χ2v) is 22.3. The van der Waals surface area contributed by atoms with Gasteiger partial charge in [0.1, 0.15) is 21.1 Å². The van der Waals surface area contributed by atoms with E-state index in [2.05, 4.69) is 5.32 Å². The first-order valence-electron chi connectivity index (χ1n) is 19.7. The van der Waals surface area contributed by atoms with Crippen LogP contribution >= 0.6 is 0 Å². The van der Waals surface area contributed by atoms with Crippen LogP contribution in [0.25, 0.3) is 33.4 Å². The fraction of sp³-hybridized carbons (Fsp3) is 0.295. The smallest absolute Gasteiger partial charge is 0.296 e. The van der Waals surface area contributed by atoms with Crippen molar-refractivity contribution in [3.63, 3.8) is 0 Å². The van der Waals surface area contributed by atoms with Gasteiger partial charge in [-0.2, -0.15) is 33.7 Å². The van der Waals surface area contributed by atoms with E-state index in [1.807, 2.05) is 27.7 Å². The molecule has 2 aliphatic rings. The van der Waals surface area contributed by atoms with E-state index in [1.165, 1.54) is 42.5 Å². The van der Waals surface area contributed by atoms with Gasteiger partial charge in [0.2, 0.25) is 0 Å². The number of anilines is 2. The Kier molecular flexibility index (Phi) is 12.7. The molecule has 1 heterocycles. The lowest BCUT2D eigenvalue weighted by Gasteiger charge is -2.23. The Balaban J connectivity index is 1.77. The van der Waals surface area contributed by atoms with Crippen LogP contribution in [0, 0.1) is 6.92 Å². The highest BCUT2D eigenvalue weighted by Crippen LogP contribution is 2.45. The summed E-state index contributed by atoms with van der Waals surface area (Å²) in [5.41, 5.74) is 3.71. The van der Waals surface area contributed by atoms with Gasteiger partial charge in [0.25, 0.3) is 40.5 Å². The highest BCUT2D eigenvalue weighted by molar-refractivity contribution is 7.86. The van der Waals surface area contributed by atoms with Crippen molar-refractivity contribution < 1.29 is 56.3 Å². The fourth-order valence-electron chi connectivity index (χ4n) is 7.56. The van der Waals surface area contributed by atoms with Gasteiger partial charge >= 0.3 is 0 Å². The normalized spacial score (nSPS) is 13.4. The molecule has 0 radical (unpaired) electrons. The fourth-order valence-corrected chi connectivity index (χ4v) is 10.1. The SMILES string of the molecule is Cc1ccc(-c2c3cc(S(=O)(=O)O)c(=Nc4c(C(C)C)cc(S(=O)(=O)O)cc4C(C)C)cc-3oc3cc(Nc4c(C(C)C)cc(S(=O)(=O)O)cc4C(C)C)ccc23)c(S(=O)(=O)O)c1. The number of hydrogen-bond donors (Lipinski definition) is 5. The van der Waals surface area contributed by atoms with Crippen LogP contribution in [0.1, 0.15) is 107 Å². The third kappa shape index (κ3) is 9.75. The van der Waals surface area contributed by atoms with Crippen molar-refractivity contribution in [1.29, 1.82) is 0 Å². The average Bonchev–Trinajstić information content (AvgIpc) is 3.14. The number of fused-ring (bicyclic) bond motifs is 2. The van der Waals surface area contributed by atoms with Crippen LogP contribution in [0.15, 0.2) is 102 Å². The minimum Gasteiger partial charge on any atom is -0.456 e. The molecule has 0 unspecified atom stereocenters. The molecule has 0 spiro atoms. The molecule has 0 bridgehead atoms. The van der Waals surface area contributed by atoms with Gasteiger partial charge < -0.3 is 9.73 Å². The summed E-state index contributed by atoms with van der Waals surface area (Å²) in [7, 11) is -19.3. The Labute approximate surface area is 367 Å². The van der Waals surface area contributed by atoms with Crippen LogP contribution in [0.4, 0.5) is 17.1 Å². The third-order valence-electron chi connectivity index (χ3n) is 10.7. The minimum absolute atomic E-state index is 0.00316. The summed E-state index contributed by atoms with van der Waals surface area (Å²) >= 11 is 0. The second-order valence-electron chi connectivity index (χ2n) is 16.7. The van der Waals surface area contributed by atoms with E-state index in [-0.39, 0.29) is 66.1 Å². The summed E-state index contributed by atoms with van der Waals surface area (Å²) in [5, 5.41) is 3.32. The Morgan fingerprint density at radius 2 is 1.03 bits per heavy atom. The van der Waals surface area contributed by atoms with Gasteiger partial charge in [0.15, 0.2) is 0 Å². The maximum Gasteiger partial charge on any atom is 0.296 e. The van der Waals surface area contributed by atoms with Crippen molar-refractivity contribution in [1.82, 2.24) is 0 Å². The predicted octanol–water partition coefficient (Wildman–Crippen LogP) is 9.97. The summed E-state index contributed by atoms with van der Waals surface area (Å²) in [5.74, 6) is -1.29. The van der Waals surface area contributed by atoms with Crippen LogP contribution in [0.5, 0.6) is 0 Å². The molecule has 0 saturated carbocycles. The number of aryl methyl sites for hydroxylation is 1. The van der Waals surface area contributed by atoms with Gasteiger partial charge in [-0.1, -0.05) is 67.5 Å². The van der Waals surface area contributed by atoms with E-state index < -0.39 is 62.1 Å². The predicted molar refractivity (Wildman–Crippen MR) is 240 cm³/mol. The molecule has 19 heteroatoms. The first kappa shape index (κ1) is 47.5. The van der Waals surface area contributed by atoms with Crippen LogP contribution in [0.3, 0.4) is 0 Å². The zero-order valence-corrected chi connectivity index (χ0v) is 39.0. The van der Waals surface area contributed by atoms with Gasteiger partial charge in [0, 0.05) is 45.6 Å². The molecule has 0 saturated heterocycles. The molecule has 0 amide bonds. The minimum atomic E-state index is -5.12. The lowest BCUT2D eigenvalue weighted by Crippen LogP contribution is -2.17. The summed E-state index contributed by atoms with van der Waals surface area (Å²) in [6.07, 6.45) is 0. The lowest BCUT2D eigenvalue weighted by atomic mass is 9.91. The monoisotopic (exact) mass is 940 g/mol. The molecule has 63 heavy (non-hydrogen) atoms. The zero-order valence-electron chi connectivity index (χ0n) is 35.8. The standard InChI is InChI=1S/C44H48N2O13S4/c1-22(2)32-16-28(60(47,48)49)17-33(23(3)4)43(32)45-27-11-13-30-38(15-27)59-39-21-37(46-44-34(24(5)6)18-29(61(50,51)52)19-35(44)25(7)8)41(63(56,57)58)20-36(39)42(30)31-12-10-26(9)14-40(31)62(53,54)55/h10-25,45H,1-9H3,(H,47,48,49)(H,50,51,52)(H,53,54,55)(H,56,57,58). The van der Waals surface area contributed by atoms with E-state index >= 15 is 0 Å². The van der Waals surface area contributed by atoms with Gasteiger partial charge in [-0.05, 0) is 107 Å². The topological polar surface area (TPSA) is 255 Å². The van der Waals surface area contributed by atoms with Crippen LogP contribution in [0.2, 0.25) is 0 Å². The van der Waals surface area contributed by atoms with Gasteiger partial charge in [-0.15, -0.1) is 0 Å². The highest BCUT2D eigenvalue weighted by atomic mass is 32.2. The maximum absolute atomic E-state index is 13.3. The van der Waals surface area contributed by atoms with E-state index in [0.717, 1.165) is 6.07 Å². The molecule has 4 aromatic carbocycles. The Morgan fingerprint density at radius 3 is 1.49 bits per heavy atom. The molecule has 15 nitrogen and oxygen atoms in total. The van der Waals surface area contributed by atoms with Crippen molar-refractivity contribution in [2.75, 3.05) is 5.32 Å². The van der Waals surface area contributed by atoms with Crippen molar-refractivity contribution in [3.8, 4) is 22.5 Å². The summed E-state index contributed by atoms with van der Waals surface area (Å²) in [6, 6.07) is 16.7. The van der Waals surface area contributed by atoms with Crippen LogP contribution < -0.4 is 10.7 Å². The molecule has 1 aliphatic carbocycles. The van der Waals surface area contributed by atoms with Crippen LogP contribution in [-0.2, 0) is 40.5 Å². The first-order chi connectivity index (χ1) is 29.0. The molecule has 336 valence electrons. The Morgan fingerprint density at radius 1 is 0.540 bits per heavy atom. The van der Waals surface area contributed by atoms with Crippen molar-refractivity contribution in [2.45, 2.75) is 106 Å². The largest absolute Gasteiger partial charge is 0.456 e. The molecule has 0 atom stereocenters. The van der Waals surface area contributed by atoms with Gasteiger partial charge in [-0.25, -0.2) is 4.99 Å².